The second kappa shape index (κ2) is 7.25. The molecule has 1 heterocycles. The van der Waals surface area contributed by atoms with Crippen LogP contribution in [0.15, 0.2) is 11.8 Å². The summed E-state index contributed by atoms with van der Waals surface area (Å²) in [6.45, 7) is 2.21. The van der Waals surface area contributed by atoms with E-state index in [1.165, 1.54) is 25.7 Å². The van der Waals surface area contributed by atoms with E-state index in [1.807, 2.05) is 6.08 Å². The molecule has 0 aromatic rings. The molecule has 0 bridgehead atoms. The predicted molar refractivity (Wildman–Crippen MR) is 69.9 cm³/mol. The van der Waals surface area contributed by atoms with E-state index in [-0.39, 0.29) is 11.9 Å². The average molecular weight is 322 g/mol. The van der Waals surface area contributed by atoms with Gasteiger partial charge in [0, 0.05) is 0 Å². The van der Waals surface area contributed by atoms with Crippen molar-refractivity contribution in [2.75, 3.05) is 4.43 Å². The lowest BCUT2D eigenvalue weighted by Gasteiger charge is -2.03. The first kappa shape index (κ1) is 13.0. The first-order valence-corrected chi connectivity index (χ1v) is 7.28. The summed E-state index contributed by atoms with van der Waals surface area (Å²) in [6.07, 6.45) is 9.21. The predicted octanol–water partition coefficient (Wildman–Crippen LogP) is 3.84. The fourth-order valence-corrected chi connectivity index (χ4v) is 2.18. The number of esters is 1. The molecule has 15 heavy (non-hydrogen) atoms. The highest BCUT2D eigenvalue weighted by Crippen LogP contribution is 2.24. The molecule has 1 rings (SSSR count). The molecule has 0 fully saturated rings. The number of allylic oxidation sites excluding steroid dienone is 1. The van der Waals surface area contributed by atoms with Gasteiger partial charge in [0.15, 0.2) is 0 Å². The number of carbonyl (C=O) groups excluding carboxylic acids is 1. The smallest absolute Gasteiger partial charge is 0.318 e. The van der Waals surface area contributed by atoms with Crippen LogP contribution in [0, 0.1) is 5.92 Å². The number of alkyl halides is 1. The maximum atomic E-state index is 11.4. The zero-order valence-electron chi connectivity index (χ0n) is 9.30. The maximum absolute atomic E-state index is 11.4. The number of hydrogen-bond acceptors (Lipinski definition) is 2. The van der Waals surface area contributed by atoms with Crippen LogP contribution in [0.4, 0.5) is 0 Å². The summed E-state index contributed by atoms with van der Waals surface area (Å²) in [5, 5.41) is 0. The Morgan fingerprint density at radius 3 is 2.67 bits per heavy atom. The Balaban J connectivity index is 2.16. The number of hydrogen-bond donors (Lipinski definition) is 0. The Bertz CT molecular complexity index is 236. The van der Waals surface area contributed by atoms with Crippen molar-refractivity contribution in [2.45, 2.75) is 45.4 Å². The van der Waals surface area contributed by atoms with Gasteiger partial charge < -0.3 is 4.74 Å². The van der Waals surface area contributed by atoms with E-state index in [1.54, 1.807) is 0 Å². The average Bonchev–Trinajstić information content (AvgIpc) is 2.59. The molecule has 1 aliphatic heterocycles. The van der Waals surface area contributed by atoms with E-state index in [2.05, 4.69) is 29.5 Å². The third kappa shape index (κ3) is 4.53. The number of halogens is 1. The standard InChI is InChI=1S/C12H19IO2/c1-2-3-4-5-6-7-10-8-11(9-13)15-12(10)14/h8,10H,2-7,9H2,1H3. The minimum Gasteiger partial charge on any atom is -0.430 e. The SMILES string of the molecule is CCCCCCCC1C=C(CI)OC1=O. The first-order valence-electron chi connectivity index (χ1n) is 5.76. The third-order valence-electron chi connectivity index (χ3n) is 2.67. The van der Waals surface area contributed by atoms with Crippen LogP contribution in [-0.4, -0.2) is 10.4 Å². The summed E-state index contributed by atoms with van der Waals surface area (Å²) < 4.78 is 5.92. The lowest BCUT2D eigenvalue weighted by atomic mass is 10.0. The van der Waals surface area contributed by atoms with E-state index in [4.69, 9.17) is 4.74 Å². The molecule has 3 heteroatoms. The minimum absolute atomic E-state index is 0.0383. The molecule has 1 atom stereocenters. The highest BCUT2D eigenvalue weighted by atomic mass is 127. The molecule has 0 aromatic carbocycles. The van der Waals surface area contributed by atoms with Crippen molar-refractivity contribution in [3.63, 3.8) is 0 Å². The number of unbranched alkanes of at least 4 members (excludes halogenated alkanes) is 4. The lowest BCUT2D eigenvalue weighted by Crippen LogP contribution is -2.08. The monoisotopic (exact) mass is 322 g/mol. The summed E-state index contributed by atoms with van der Waals surface area (Å²) in [6, 6.07) is 0. The quantitative estimate of drug-likeness (QED) is 0.308. The highest BCUT2D eigenvalue weighted by molar-refractivity contribution is 14.1. The van der Waals surface area contributed by atoms with Gasteiger partial charge in [-0.15, -0.1) is 0 Å². The molecule has 0 N–H and O–H groups in total. The molecule has 86 valence electrons. The molecule has 0 aliphatic carbocycles. The Morgan fingerprint density at radius 2 is 2.07 bits per heavy atom. The van der Waals surface area contributed by atoms with Gasteiger partial charge in [-0.25, -0.2) is 0 Å². The van der Waals surface area contributed by atoms with Gasteiger partial charge >= 0.3 is 5.97 Å². The molecule has 0 spiro atoms. The van der Waals surface area contributed by atoms with Crippen molar-refractivity contribution in [3.05, 3.63) is 11.8 Å². The van der Waals surface area contributed by atoms with Crippen molar-refractivity contribution in [1.29, 1.82) is 0 Å². The summed E-state index contributed by atoms with van der Waals surface area (Å²) in [5.41, 5.74) is 0. The molecule has 1 aliphatic rings. The van der Waals surface area contributed by atoms with E-state index < -0.39 is 0 Å². The number of carbonyl (C=O) groups is 1. The largest absolute Gasteiger partial charge is 0.430 e. The number of rotatable bonds is 7. The second-order valence-electron chi connectivity index (χ2n) is 4.00. The highest BCUT2D eigenvalue weighted by Gasteiger charge is 2.25. The van der Waals surface area contributed by atoms with Crippen LogP contribution < -0.4 is 0 Å². The van der Waals surface area contributed by atoms with Crippen LogP contribution >= 0.6 is 22.6 Å². The summed E-state index contributed by atoms with van der Waals surface area (Å²) >= 11 is 2.22. The molecular weight excluding hydrogens is 303 g/mol. The minimum atomic E-state index is -0.0443. The van der Waals surface area contributed by atoms with Gasteiger partial charge in [-0.05, 0) is 12.5 Å². The van der Waals surface area contributed by atoms with Crippen LogP contribution in [0.25, 0.3) is 0 Å². The molecule has 0 radical (unpaired) electrons. The zero-order chi connectivity index (χ0) is 11.1. The van der Waals surface area contributed by atoms with Gasteiger partial charge in [0.2, 0.25) is 0 Å². The van der Waals surface area contributed by atoms with Crippen LogP contribution in [0.5, 0.6) is 0 Å². The van der Waals surface area contributed by atoms with Crippen LogP contribution in [0.2, 0.25) is 0 Å². The van der Waals surface area contributed by atoms with Gasteiger partial charge in [0.1, 0.15) is 5.76 Å². The van der Waals surface area contributed by atoms with E-state index in [0.29, 0.717) is 0 Å². The molecule has 2 nitrogen and oxygen atoms in total. The van der Waals surface area contributed by atoms with Gasteiger partial charge in [-0.2, -0.15) is 0 Å². The van der Waals surface area contributed by atoms with Crippen molar-refractivity contribution in [1.82, 2.24) is 0 Å². The Morgan fingerprint density at radius 1 is 1.33 bits per heavy atom. The van der Waals surface area contributed by atoms with Gasteiger partial charge in [-0.3, -0.25) is 4.79 Å². The lowest BCUT2D eigenvalue weighted by molar-refractivity contribution is -0.140. The first-order chi connectivity index (χ1) is 7.27. The van der Waals surface area contributed by atoms with Crippen molar-refractivity contribution in [2.24, 2.45) is 5.92 Å². The maximum Gasteiger partial charge on any atom is 0.318 e. The van der Waals surface area contributed by atoms with Crippen molar-refractivity contribution >= 4 is 28.6 Å². The second-order valence-corrected chi connectivity index (χ2v) is 4.76. The topological polar surface area (TPSA) is 26.3 Å². The number of cyclic esters (lactones) is 1. The van der Waals surface area contributed by atoms with E-state index in [9.17, 15) is 4.79 Å². The Kier molecular flexibility index (Phi) is 6.29. The van der Waals surface area contributed by atoms with E-state index in [0.717, 1.165) is 23.0 Å². The summed E-state index contributed by atoms with van der Waals surface area (Å²) in [7, 11) is 0. The van der Waals surface area contributed by atoms with Gasteiger partial charge in [-0.1, -0.05) is 61.6 Å². The Labute approximate surface area is 106 Å². The van der Waals surface area contributed by atoms with Crippen molar-refractivity contribution < 1.29 is 9.53 Å². The van der Waals surface area contributed by atoms with E-state index >= 15 is 0 Å². The Hall–Kier alpha value is -0.0600. The van der Waals surface area contributed by atoms with Crippen LogP contribution in [0.1, 0.15) is 45.4 Å². The molecule has 0 saturated carbocycles. The van der Waals surface area contributed by atoms with Gasteiger partial charge in [0.05, 0.1) is 10.3 Å². The normalized spacial score (nSPS) is 20.3. The fourth-order valence-electron chi connectivity index (χ4n) is 1.77. The molecule has 0 amide bonds. The third-order valence-corrected chi connectivity index (χ3v) is 3.42. The zero-order valence-corrected chi connectivity index (χ0v) is 11.5. The molecule has 1 unspecified atom stereocenters. The van der Waals surface area contributed by atoms with Crippen molar-refractivity contribution in [3.8, 4) is 0 Å². The molecule has 0 aromatic heterocycles. The molecule has 0 saturated heterocycles. The van der Waals surface area contributed by atoms with Crippen LogP contribution in [0.3, 0.4) is 0 Å². The summed E-state index contributed by atoms with van der Waals surface area (Å²) in [4.78, 5) is 11.4. The van der Waals surface area contributed by atoms with Gasteiger partial charge in [0.25, 0.3) is 0 Å². The fraction of sp³-hybridized carbons (Fsp3) is 0.750. The number of ether oxygens (including phenoxy) is 1. The summed E-state index contributed by atoms with van der Waals surface area (Å²) in [5.74, 6) is 0.840. The molecular formula is C12H19IO2. The van der Waals surface area contributed by atoms with Crippen LogP contribution in [-0.2, 0) is 9.53 Å².